The zero-order chi connectivity index (χ0) is 18.7. The van der Waals surface area contributed by atoms with Gasteiger partial charge in [0.05, 0.1) is 17.7 Å². The molecule has 0 spiro atoms. The van der Waals surface area contributed by atoms with Gasteiger partial charge in [0, 0.05) is 0 Å². The van der Waals surface area contributed by atoms with Crippen molar-refractivity contribution in [1.29, 1.82) is 0 Å². The first-order chi connectivity index (χ1) is 12.4. The molecule has 9 heteroatoms. The van der Waals surface area contributed by atoms with Crippen LogP contribution in [-0.4, -0.2) is 27.2 Å². The van der Waals surface area contributed by atoms with Crippen LogP contribution in [0.4, 0.5) is 11.7 Å². The molecular formula is C17H14N4O5. The van der Waals surface area contributed by atoms with Gasteiger partial charge in [-0.3, -0.25) is 4.79 Å². The van der Waals surface area contributed by atoms with E-state index in [-0.39, 0.29) is 29.6 Å². The summed E-state index contributed by atoms with van der Waals surface area (Å²) in [5, 5.41) is 18.9. The van der Waals surface area contributed by atoms with Crippen molar-refractivity contribution in [3.8, 4) is 11.7 Å². The predicted octanol–water partition coefficient (Wildman–Crippen LogP) is 2.65. The number of amides is 1. The van der Waals surface area contributed by atoms with E-state index < -0.39 is 11.9 Å². The first-order valence-corrected chi connectivity index (χ1v) is 7.43. The predicted molar refractivity (Wildman–Crippen MR) is 92.1 cm³/mol. The fourth-order valence-electron chi connectivity index (χ4n) is 2.23. The number of nitrogens with zero attached hydrogens (tertiary/aromatic N) is 2. The lowest BCUT2D eigenvalue weighted by molar-refractivity contribution is -0.115. The number of carbonyl (C=O) groups excluding carboxylic acids is 1. The van der Waals surface area contributed by atoms with Crippen molar-refractivity contribution in [3.05, 3.63) is 54.3 Å². The van der Waals surface area contributed by atoms with Gasteiger partial charge in [-0.2, -0.15) is 0 Å². The van der Waals surface area contributed by atoms with Crippen LogP contribution < -0.4 is 11.1 Å². The first-order valence-electron chi connectivity index (χ1n) is 7.43. The molecule has 0 aliphatic carbocycles. The number of rotatable bonds is 6. The van der Waals surface area contributed by atoms with Crippen molar-refractivity contribution in [1.82, 2.24) is 10.2 Å². The Kier molecular flexibility index (Phi) is 4.52. The summed E-state index contributed by atoms with van der Waals surface area (Å²) >= 11 is 0. The summed E-state index contributed by atoms with van der Waals surface area (Å²) in [6.45, 7) is 3.81. The van der Waals surface area contributed by atoms with Crippen LogP contribution >= 0.6 is 0 Å². The number of aromatic carboxylic acids is 1. The third-order valence-corrected chi connectivity index (χ3v) is 3.41. The van der Waals surface area contributed by atoms with E-state index in [2.05, 4.69) is 22.1 Å². The van der Waals surface area contributed by atoms with Crippen LogP contribution in [0.5, 0.6) is 0 Å². The van der Waals surface area contributed by atoms with Gasteiger partial charge in [0.1, 0.15) is 5.76 Å². The van der Waals surface area contributed by atoms with E-state index in [0.29, 0.717) is 17.1 Å². The molecule has 2 heterocycles. The molecular weight excluding hydrogens is 340 g/mol. The Morgan fingerprint density at radius 2 is 1.92 bits per heavy atom. The fourth-order valence-corrected chi connectivity index (χ4v) is 2.23. The van der Waals surface area contributed by atoms with Gasteiger partial charge in [-0.05, 0) is 29.8 Å². The summed E-state index contributed by atoms with van der Waals surface area (Å²) in [6.07, 6.45) is -0.0904. The maximum absolute atomic E-state index is 12.2. The van der Waals surface area contributed by atoms with Gasteiger partial charge in [-0.15, -0.1) is 5.10 Å². The molecule has 0 radical (unpaired) electrons. The Balaban J connectivity index is 1.68. The summed E-state index contributed by atoms with van der Waals surface area (Å²) in [4.78, 5) is 23.4. The molecule has 9 nitrogen and oxygen atoms in total. The lowest BCUT2D eigenvalue weighted by atomic mass is 10.1. The number of nitrogen functional groups attached to an aromatic ring is 1. The largest absolute Gasteiger partial charge is 0.478 e. The molecule has 3 aromatic rings. The molecule has 0 saturated carbocycles. The third kappa shape index (κ3) is 3.61. The average molecular weight is 354 g/mol. The fraction of sp³-hybridized carbons (Fsp3) is 0.0588. The van der Waals surface area contributed by atoms with Gasteiger partial charge < -0.3 is 25.0 Å². The van der Waals surface area contributed by atoms with Crippen LogP contribution in [-0.2, 0) is 4.79 Å². The highest BCUT2D eigenvalue weighted by molar-refractivity contribution is 6.02. The van der Waals surface area contributed by atoms with Crippen LogP contribution in [0.25, 0.3) is 17.2 Å². The van der Waals surface area contributed by atoms with E-state index in [1.54, 1.807) is 24.3 Å². The number of carboxylic acids is 1. The normalized spacial score (nSPS) is 10.5. The van der Waals surface area contributed by atoms with Crippen molar-refractivity contribution in [2.45, 2.75) is 6.42 Å². The summed E-state index contributed by atoms with van der Waals surface area (Å²) in [6, 6.07) is 9.23. The van der Waals surface area contributed by atoms with E-state index in [1.807, 2.05) is 0 Å². The smallest absolute Gasteiger partial charge is 0.337 e. The monoisotopic (exact) mass is 354 g/mol. The lowest BCUT2D eigenvalue weighted by Gasteiger charge is -2.08. The maximum Gasteiger partial charge on any atom is 0.337 e. The van der Waals surface area contributed by atoms with Gasteiger partial charge in [0.15, 0.2) is 5.76 Å². The molecule has 0 saturated heterocycles. The van der Waals surface area contributed by atoms with E-state index in [4.69, 9.17) is 19.7 Å². The molecule has 0 fully saturated rings. The van der Waals surface area contributed by atoms with Crippen molar-refractivity contribution >= 4 is 29.2 Å². The zero-order valence-electron chi connectivity index (χ0n) is 13.4. The van der Waals surface area contributed by atoms with Crippen molar-refractivity contribution in [2.24, 2.45) is 0 Å². The lowest BCUT2D eigenvalue weighted by Crippen LogP contribution is -2.14. The number of furan rings is 1. The van der Waals surface area contributed by atoms with Crippen LogP contribution in [0.15, 0.2) is 51.8 Å². The molecule has 2 aromatic heterocycles. The standard InChI is InChI=1S/C17H14N4O5/c1-9(12-6-7-13(25-12)15-20-21-17(18)26-15)8-14(22)19-11-5-3-2-4-10(11)16(23)24/h2-7H,1,8H2,(H2,18,21)(H,19,22)(H,23,24). The molecule has 3 rings (SSSR count). The second-order valence-corrected chi connectivity index (χ2v) is 5.29. The molecule has 1 amide bonds. The number of nitrogens with one attached hydrogen (secondary N) is 1. The highest BCUT2D eigenvalue weighted by Crippen LogP contribution is 2.26. The number of hydrogen-bond acceptors (Lipinski definition) is 7. The number of carbonyl (C=O) groups is 2. The Morgan fingerprint density at radius 3 is 2.62 bits per heavy atom. The zero-order valence-corrected chi connectivity index (χ0v) is 13.4. The first kappa shape index (κ1) is 17.0. The Morgan fingerprint density at radius 1 is 1.15 bits per heavy atom. The Bertz CT molecular complexity index is 988. The molecule has 0 aliphatic heterocycles. The van der Waals surface area contributed by atoms with Gasteiger partial charge in [0.2, 0.25) is 5.91 Å². The summed E-state index contributed by atoms with van der Waals surface area (Å²) in [5.74, 6) is -0.792. The highest BCUT2D eigenvalue weighted by atomic mass is 16.4. The molecule has 1 aromatic carbocycles. The molecule has 0 unspecified atom stereocenters. The van der Waals surface area contributed by atoms with Crippen molar-refractivity contribution in [3.63, 3.8) is 0 Å². The number of para-hydroxylation sites is 1. The third-order valence-electron chi connectivity index (χ3n) is 3.41. The van der Waals surface area contributed by atoms with Crippen molar-refractivity contribution in [2.75, 3.05) is 11.1 Å². The topological polar surface area (TPSA) is 144 Å². The van der Waals surface area contributed by atoms with Gasteiger partial charge >= 0.3 is 12.0 Å². The maximum atomic E-state index is 12.2. The number of benzene rings is 1. The minimum Gasteiger partial charge on any atom is -0.478 e. The Hall–Kier alpha value is -3.88. The summed E-state index contributed by atoms with van der Waals surface area (Å²) in [5.41, 5.74) is 5.97. The summed E-state index contributed by atoms with van der Waals surface area (Å²) < 4.78 is 10.6. The van der Waals surface area contributed by atoms with E-state index in [9.17, 15) is 9.59 Å². The van der Waals surface area contributed by atoms with Crippen LogP contribution in [0.1, 0.15) is 22.5 Å². The molecule has 0 aliphatic rings. The number of anilines is 2. The minimum atomic E-state index is -1.13. The Labute approximate surface area is 147 Å². The van der Waals surface area contributed by atoms with Gasteiger partial charge in [-0.25, -0.2) is 4.79 Å². The highest BCUT2D eigenvalue weighted by Gasteiger charge is 2.16. The second kappa shape index (κ2) is 6.93. The van der Waals surface area contributed by atoms with Gasteiger partial charge in [-0.1, -0.05) is 23.8 Å². The van der Waals surface area contributed by atoms with Crippen LogP contribution in [0.3, 0.4) is 0 Å². The number of carboxylic acid groups (broad SMARTS) is 1. The van der Waals surface area contributed by atoms with Crippen molar-refractivity contribution < 1.29 is 23.5 Å². The summed E-state index contributed by atoms with van der Waals surface area (Å²) in [7, 11) is 0. The quantitative estimate of drug-likeness (QED) is 0.612. The molecule has 26 heavy (non-hydrogen) atoms. The number of aromatic nitrogens is 2. The SMILES string of the molecule is C=C(CC(=O)Nc1ccccc1C(=O)O)c1ccc(-c2nnc(N)o2)o1. The minimum absolute atomic E-state index is 0.000676. The van der Waals surface area contributed by atoms with Crippen LogP contribution in [0.2, 0.25) is 0 Å². The van der Waals surface area contributed by atoms with E-state index >= 15 is 0 Å². The molecule has 4 N–H and O–H groups in total. The molecule has 132 valence electrons. The average Bonchev–Trinajstić information content (AvgIpc) is 3.23. The van der Waals surface area contributed by atoms with Gasteiger partial charge in [0.25, 0.3) is 5.89 Å². The van der Waals surface area contributed by atoms with E-state index in [0.717, 1.165) is 0 Å². The molecule has 0 bridgehead atoms. The number of hydrogen-bond donors (Lipinski definition) is 3. The van der Waals surface area contributed by atoms with Crippen LogP contribution in [0, 0.1) is 0 Å². The van der Waals surface area contributed by atoms with E-state index in [1.165, 1.54) is 12.1 Å². The number of nitrogens with two attached hydrogens (primary N) is 1. The molecule has 0 atom stereocenters. The second-order valence-electron chi connectivity index (χ2n) is 5.29.